The number of piperidine rings is 1. The topological polar surface area (TPSA) is 110 Å². The van der Waals surface area contributed by atoms with Crippen LogP contribution in [0.5, 0.6) is 0 Å². The van der Waals surface area contributed by atoms with Crippen LogP contribution in [0, 0.1) is 0 Å². The predicted octanol–water partition coefficient (Wildman–Crippen LogP) is 3.76. The monoisotopic (exact) mass is 485 g/mol. The maximum absolute atomic E-state index is 13.1. The highest BCUT2D eigenvalue weighted by Crippen LogP contribution is 2.32. The van der Waals surface area contributed by atoms with E-state index in [1.807, 2.05) is 0 Å². The molecular formula is C24H22F3N5O3. The molecule has 11 heteroatoms. The Bertz CT molecular complexity index is 1330. The van der Waals surface area contributed by atoms with Gasteiger partial charge in [-0.2, -0.15) is 13.2 Å². The minimum absolute atomic E-state index is 0.0851. The van der Waals surface area contributed by atoms with Gasteiger partial charge in [0.25, 0.3) is 5.91 Å². The lowest BCUT2D eigenvalue weighted by atomic mass is 10.0. The quantitative estimate of drug-likeness (QED) is 0.536. The van der Waals surface area contributed by atoms with Crippen molar-refractivity contribution in [3.63, 3.8) is 0 Å². The first-order valence-corrected chi connectivity index (χ1v) is 10.8. The van der Waals surface area contributed by atoms with E-state index in [2.05, 4.69) is 16.9 Å². The highest BCUT2D eigenvalue weighted by Gasteiger charge is 2.31. The first-order chi connectivity index (χ1) is 16.6. The van der Waals surface area contributed by atoms with Crippen molar-refractivity contribution in [3.05, 3.63) is 71.8 Å². The van der Waals surface area contributed by atoms with Crippen LogP contribution in [0.1, 0.15) is 45.2 Å². The molecule has 3 amide bonds. The van der Waals surface area contributed by atoms with E-state index >= 15 is 0 Å². The molecule has 1 aliphatic rings. The van der Waals surface area contributed by atoms with Crippen LogP contribution in [0.25, 0.3) is 11.0 Å². The number of aromatic nitrogens is 2. The molecule has 1 fully saturated rings. The molecular weight excluding hydrogens is 463 g/mol. The number of benzene rings is 2. The molecule has 3 N–H and O–H groups in total. The van der Waals surface area contributed by atoms with Gasteiger partial charge >= 0.3 is 6.18 Å². The van der Waals surface area contributed by atoms with E-state index in [4.69, 9.17) is 5.73 Å². The molecule has 1 atom stereocenters. The fourth-order valence-electron chi connectivity index (χ4n) is 4.22. The van der Waals surface area contributed by atoms with Crippen LogP contribution < -0.4 is 11.1 Å². The average molecular weight is 485 g/mol. The zero-order valence-corrected chi connectivity index (χ0v) is 18.5. The normalized spacial score (nSPS) is 16.2. The Morgan fingerprint density at radius 2 is 1.91 bits per heavy atom. The van der Waals surface area contributed by atoms with Crippen molar-refractivity contribution < 1.29 is 27.6 Å². The number of fused-ring (bicyclic) bond motifs is 1. The summed E-state index contributed by atoms with van der Waals surface area (Å²) in [6.45, 7) is 4.39. The van der Waals surface area contributed by atoms with Crippen molar-refractivity contribution in [3.8, 4) is 0 Å². The summed E-state index contributed by atoms with van der Waals surface area (Å²) in [5.74, 6) is -1.58. The average Bonchev–Trinajstić information content (AvgIpc) is 3.20. The number of rotatable bonds is 5. The number of likely N-dealkylation sites (tertiary alicyclic amines) is 1. The number of nitrogens with zero attached hydrogens (tertiary/aromatic N) is 3. The first kappa shape index (κ1) is 24.0. The number of hydrogen-bond acceptors (Lipinski definition) is 4. The van der Waals surface area contributed by atoms with Crippen molar-refractivity contribution in [1.82, 2.24) is 14.5 Å². The van der Waals surface area contributed by atoms with Crippen LogP contribution in [-0.4, -0.2) is 45.3 Å². The molecule has 2 heterocycles. The number of hydrogen-bond donors (Lipinski definition) is 2. The third-order valence-corrected chi connectivity index (χ3v) is 5.90. The van der Waals surface area contributed by atoms with Gasteiger partial charge in [0.15, 0.2) is 0 Å². The maximum Gasteiger partial charge on any atom is 0.416 e. The summed E-state index contributed by atoms with van der Waals surface area (Å²) in [6.07, 6.45) is -2.03. The van der Waals surface area contributed by atoms with Gasteiger partial charge in [-0.25, -0.2) is 4.98 Å². The molecule has 0 saturated carbocycles. The van der Waals surface area contributed by atoms with Crippen molar-refractivity contribution in [2.75, 3.05) is 18.4 Å². The summed E-state index contributed by atoms with van der Waals surface area (Å²) in [6, 6.07) is 8.42. The maximum atomic E-state index is 13.1. The molecule has 0 spiro atoms. The number of nitrogens with two attached hydrogens (primary N) is 1. The number of imidazole rings is 1. The van der Waals surface area contributed by atoms with Gasteiger partial charge in [-0.15, -0.1) is 0 Å². The zero-order chi connectivity index (χ0) is 25.3. The summed E-state index contributed by atoms with van der Waals surface area (Å²) < 4.78 is 41.1. The van der Waals surface area contributed by atoms with E-state index in [1.54, 1.807) is 15.5 Å². The van der Waals surface area contributed by atoms with Crippen molar-refractivity contribution in [1.29, 1.82) is 0 Å². The molecule has 0 bridgehead atoms. The van der Waals surface area contributed by atoms with Gasteiger partial charge in [-0.1, -0.05) is 12.6 Å². The fraction of sp³-hybridized carbons (Fsp3) is 0.250. The highest BCUT2D eigenvalue weighted by molar-refractivity contribution is 6.04. The van der Waals surface area contributed by atoms with E-state index < -0.39 is 23.6 Å². The van der Waals surface area contributed by atoms with Crippen LogP contribution in [0.15, 0.2) is 55.1 Å². The summed E-state index contributed by atoms with van der Waals surface area (Å²) >= 11 is 0. The second-order valence-corrected chi connectivity index (χ2v) is 8.19. The molecule has 0 radical (unpaired) electrons. The zero-order valence-electron chi connectivity index (χ0n) is 18.5. The minimum Gasteiger partial charge on any atom is -0.366 e. The number of halogens is 3. The number of anilines is 1. The van der Waals surface area contributed by atoms with Crippen LogP contribution in [-0.2, 0) is 11.0 Å². The van der Waals surface area contributed by atoms with E-state index in [0.717, 1.165) is 18.2 Å². The summed E-state index contributed by atoms with van der Waals surface area (Å²) in [5, 5.41) is 2.60. The third-order valence-electron chi connectivity index (χ3n) is 5.90. The second kappa shape index (κ2) is 9.24. The van der Waals surface area contributed by atoms with Crippen molar-refractivity contribution in [2.45, 2.75) is 25.1 Å². The third kappa shape index (κ3) is 4.88. The van der Waals surface area contributed by atoms with E-state index in [9.17, 15) is 27.6 Å². The Hall–Kier alpha value is -4.15. The van der Waals surface area contributed by atoms with Crippen LogP contribution in [0.3, 0.4) is 0 Å². The second-order valence-electron chi connectivity index (χ2n) is 8.19. The molecule has 3 aromatic rings. The van der Waals surface area contributed by atoms with Crippen molar-refractivity contribution in [2.24, 2.45) is 5.73 Å². The van der Waals surface area contributed by atoms with Gasteiger partial charge in [-0.3, -0.25) is 19.7 Å². The lowest BCUT2D eigenvalue weighted by Crippen LogP contribution is -2.40. The van der Waals surface area contributed by atoms with Gasteiger partial charge in [0, 0.05) is 24.2 Å². The number of primary amides is 1. The van der Waals surface area contributed by atoms with Gasteiger partial charge in [-0.05, 0) is 55.3 Å². The van der Waals surface area contributed by atoms with Gasteiger partial charge in [0.2, 0.25) is 17.8 Å². The van der Waals surface area contributed by atoms with Crippen LogP contribution in [0.2, 0.25) is 0 Å². The largest absolute Gasteiger partial charge is 0.416 e. The Labute approximate surface area is 198 Å². The van der Waals surface area contributed by atoms with Gasteiger partial charge in [0.1, 0.15) is 0 Å². The Morgan fingerprint density at radius 3 is 2.60 bits per heavy atom. The van der Waals surface area contributed by atoms with Gasteiger partial charge < -0.3 is 15.2 Å². The smallest absolute Gasteiger partial charge is 0.366 e. The number of carbonyl (C=O) groups excluding carboxylic acids is 3. The number of nitrogens with one attached hydrogen (secondary N) is 1. The van der Waals surface area contributed by atoms with Gasteiger partial charge in [0.05, 0.1) is 22.6 Å². The highest BCUT2D eigenvalue weighted by atomic mass is 19.4. The molecule has 2 aromatic carbocycles. The first-order valence-electron chi connectivity index (χ1n) is 10.8. The Morgan fingerprint density at radius 1 is 1.14 bits per heavy atom. The molecule has 1 aromatic heterocycles. The molecule has 1 saturated heterocycles. The van der Waals surface area contributed by atoms with Crippen molar-refractivity contribution >= 4 is 34.7 Å². The molecule has 0 aliphatic carbocycles. The Kier molecular flexibility index (Phi) is 6.33. The van der Waals surface area contributed by atoms with Crippen LogP contribution >= 0.6 is 0 Å². The number of amides is 3. The lowest BCUT2D eigenvalue weighted by Gasteiger charge is -2.33. The van der Waals surface area contributed by atoms with E-state index in [0.29, 0.717) is 37.0 Å². The molecule has 35 heavy (non-hydrogen) atoms. The summed E-state index contributed by atoms with van der Waals surface area (Å²) in [4.78, 5) is 42.8. The summed E-state index contributed by atoms with van der Waals surface area (Å²) in [7, 11) is 0. The minimum atomic E-state index is -4.60. The lowest BCUT2D eigenvalue weighted by molar-refractivity contribution is -0.137. The standard InChI is InChI=1S/C24H22F3N5O3/c1-2-20(33)31-10-4-7-17(13-31)32-19-9-8-14(21(28)34)12-18(19)29-23(32)30-22(35)15-5-3-6-16(11-15)24(25,26)27/h2-3,5-6,8-9,11-12,17H,1,4,7,10,13H2,(H2,28,34)(H,29,30,35). The summed E-state index contributed by atoms with van der Waals surface area (Å²) in [5.41, 5.74) is 5.39. The number of alkyl halides is 3. The van der Waals surface area contributed by atoms with E-state index in [1.165, 1.54) is 24.3 Å². The molecule has 1 unspecified atom stereocenters. The fourth-order valence-corrected chi connectivity index (χ4v) is 4.22. The SMILES string of the molecule is C=CC(=O)N1CCCC(n2c(NC(=O)c3cccc(C(F)(F)F)c3)nc3cc(C(N)=O)ccc32)C1. The molecule has 8 nitrogen and oxygen atoms in total. The molecule has 1 aliphatic heterocycles. The molecule has 182 valence electrons. The number of carbonyl (C=O) groups is 3. The van der Waals surface area contributed by atoms with Crippen LogP contribution in [0.4, 0.5) is 19.1 Å². The predicted molar refractivity (Wildman–Crippen MR) is 123 cm³/mol. The Balaban J connectivity index is 1.75. The molecule has 4 rings (SSSR count). The van der Waals surface area contributed by atoms with E-state index in [-0.39, 0.29) is 29.0 Å².